The van der Waals surface area contributed by atoms with Gasteiger partial charge in [-0.25, -0.2) is 0 Å². The summed E-state index contributed by atoms with van der Waals surface area (Å²) in [4.78, 5) is 0. The van der Waals surface area contributed by atoms with Gasteiger partial charge in [0.2, 0.25) is 0 Å². The van der Waals surface area contributed by atoms with Crippen molar-refractivity contribution in [1.82, 2.24) is 9.78 Å². The van der Waals surface area contributed by atoms with Gasteiger partial charge in [-0.05, 0) is 30.7 Å². The zero-order chi connectivity index (χ0) is 14.4. The molecule has 5 heteroatoms. The molecule has 108 valence electrons. The van der Waals surface area contributed by atoms with E-state index >= 15 is 0 Å². The Morgan fingerprint density at radius 1 is 1.20 bits per heavy atom. The number of methoxy groups -OCH3 is 1. The zero-order valence-corrected chi connectivity index (χ0v) is 12.2. The fraction of sp³-hybridized carbons (Fsp3) is 0.400. The molecule has 0 bridgehead atoms. The molecule has 1 aromatic heterocycles. The molecular formula is C15H21N3O2. The fourth-order valence-corrected chi connectivity index (χ4v) is 1.97. The van der Waals surface area contributed by atoms with Crippen LogP contribution in [0.1, 0.15) is 12.6 Å². The average molecular weight is 275 g/mol. The van der Waals surface area contributed by atoms with Crippen LogP contribution in [0.3, 0.4) is 0 Å². The Bertz CT molecular complexity index is 535. The van der Waals surface area contributed by atoms with Crippen LogP contribution >= 0.6 is 0 Å². The van der Waals surface area contributed by atoms with Crippen molar-refractivity contribution in [3.8, 4) is 11.5 Å². The van der Waals surface area contributed by atoms with E-state index in [9.17, 15) is 0 Å². The van der Waals surface area contributed by atoms with Crippen LogP contribution in [0.15, 0.2) is 30.5 Å². The smallest absolute Gasteiger partial charge is 0.119 e. The van der Waals surface area contributed by atoms with E-state index in [1.54, 1.807) is 7.11 Å². The minimum atomic E-state index is 0.602. The number of ether oxygens (including phenoxy) is 2. The molecule has 0 aliphatic carbocycles. The van der Waals surface area contributed by atoms with Gasteiger partial charge in [-0.15, -0.1) is 0 Å². The van der Waals surface area contributed by atoms with Gasteiger partial charge in [0.1, 0.15) is 18.1 Å². The molecular weight excluding hydrogens is 254 g/mol. The van der Waals surface area contributed by atoms with Gasteiger partial charge in [0.25, 0.3) is 0 Å². The summed E-state index contributed by atoms with van der Waals surface area (Å²) in [7, 11) is 3.58. The summed E-state index contributed by atoms with van der Waals surface area (Å²) >= 11 is 0. The van der Waals surface area contributed by atoms with Crippen LogP contribution in [-0.2, 0) is 13.5 Å². The van der Waals surface area contributed by atoms with Crippen LogP contribution in [0.4, 0.5) is 5.69 Å². The second kappa shape index (κ2) is 6.84. The SMILES string of the molecule is CCc1nn(C)cc1NCCOc1ccc(OC)cc1. The average Bonchev–Trinajstić information content (AvgIpc) is 2.84. The molecule has 1 aromatic carbocycles. The summed E-state index contributed by atoms with van der Waals surface area (Å²) < 4.78 is 12.6. The summed E-state index contributed by atoms with van der Waals surface area (Å²) in [6, 6.07) is 7.58. The van der Waals surface area contributed by atoms with Crippen LogP contribution in [0.5, 0.6) is 11.5 Å². The molecule has 0 saturated heterocycles. The van der Waals surface area contributed by atoms with Gasteiger partial charge in [-0.2, -0.15) is 5.10 Å². The molecule has 0 fully saturated rings. The highest BCUT2D eigenvalue weighted by Crippen LogP contribution is 2.17. The van der Waals surface area contributed by atoms with Crippen LogP contribution in [-0.4, -0.2) is 30.0 Å². The molecule has 0 aliphatic rings. The van der Waals surface area contributed by atoms with E-state index in [0.717, 1.165) is 35.8 Å². The first-order valence-electron chi connectivity index (χ1n) is 6.76. The molecule has 0 radical (unpaired) electrons. The maximum absolute atomic E-state index is 5.66. The number of aryl methyl sites for hydroxylation is 2. The summed E-state index contributed by atoms with van der Waals surface area (Å²) in [6.07, 6.45) is 2.91. The molecule has 0 unspecified atom stereocenters. The number of anilines is 1. The van der Waals surface area contributed by atoms with Crippen molar-refractivity contribution in [2.75, 3.05) is 25.6 Å². The molecule has 5 nitrogen and oxygen atoms in total. The zero-order valence-electron chi connectivity index (χ0n) is 12.2. The van der Waals surface area contributed by atoms with Crippen molar-refractivity contribution in [3.63, 3.8) is 0 Å². The first-order chi connectivity index (χ1) is 9.72. The van der Waals surface area contributed by atoms with E-state index < -0.39 is 0 Å². The second-order valence-corrected chi connectivity index (χ2v) is 4.47. The lowest BCUT2D eigenvalue weighted by molar-refractivity contribution is 0.331. The van der Waals surface area contributed by atoms with E-state index in [2.05, 4.69) is 17.3 Å². The molecule has 0 saturated carbocycles. The van der Waals surface area contributed by atoms with Crippen molar-refractivity contribution in [3.05, 3.63) is 36.2 Å². The number of nitrogens with one attached hydrogen (secondary N) is 1. The van der Waals surface area contributed by atoms with Crippen LogP contribution in [0.25, 0.3) is 0 Å². The van der Waals surface area contributed by atoms with Crippen LogP contribution < -0.4 is 14.8 Å². The highest BCUT2D eigenvalue weighted by molar-refractivity contribution is 5.46. The monoisotopic (exact) mass is 275 g/mol. The Morgan fingerprint density at radius 2 is 1.90 bits per heavy atom. The first kappa shape index (κ1) is 14.2. The van der Waals surface area contributed by atoms with E-state index in [0.29, 0.717) is 6.61 Å². The molecule has 2 aromatic rings. The van der Waals surface area contributed by atoms with Gasteiger partial charge in [0.15, 0.2) is 0 Å². The van der Waals surface area contributed by atoms with Gasteiger partial charge in [0.05, 0.1) is 18.5 Å². The van der Waals surface area contributed by atoms with Gasteiger partial charge in [-0.3, -0.25) is 4.68 Å². The van der Waals surface area contributed by atoms with Crippen molar-refractivity contribution < 1.29 is 9.47 Å². The van der Waals surface area contributed by atoms with E-state index in [-0.39, 0.29) is 0 Å². The van der Waals surface area contributed by atoms with E-state index in [1.807, 2.05) is 42.2 Å². The summed E-state index contributed by atoms with van der Waals surface area (Å²) in [5, 5.41) is 7.73. The normalized spacial score (nSPS) is 10.3. The van der Waals surface area contributed by atoms with Crippen molar-refractivity contribution in [2.45, 2.75) is 13.3 Å². The highest BCUT2D eigenvalue weighted by Gasteiger charge is 2.04. The van der Waals surface area contributed by atoms with Crippen LogP contribution in [0, 0.1) is 0 Å². The number of benzene rings is 1. The Hall–Kier alpha value is -2.17. The predicted molar refractivity (Wildman–Crippen MR) is 79.6 cm³/mol. The Labute approximate surface area is 119 Å². The lowest BCUT2D eigenvalue weighted by Crippen LogP contribution is -2.12. The van der Waals surface area contributed by atoms with Crippen LogP contribution in [0.2, 0.25) is 0 Å². The Morgan fingerprint density at radius 3 is 2.55 bits per heavy atom. The largest absolute Gasteiger partial charge is 0.497 e. The molecule has 0 spiro atoms. The Balaban J connectivity index is 1.78. The molecule has 2 rings (SSSR count). The van der Waals surface area contributed by atoms with Crippen molar-refractivity contribution >= 4 is 5.69 Å². The topological polar surface area (TPSA) is 48.3 Å². The van der Waals surface area contributed by atoms with Crippen molar-refractivity contribution in [1.29, 1.82) is 0 Å². The second-order valence-electron chi connectivity index (χ2n) is 4.47. The molecule has 1 N–H and O–H groups in total. The van der Waals surface area contributed by atoms with Gasteiger partial charge in [0, 0.05) is 19.8 Å². The minimum Gasteiger partial charge on any atom is -0.497 e. The maximum Gasteiger partial charge on any atom is 0.119 e. The fourth-order valence-electron chi connectivity index (χ4n) is 1.97. The van der Waals surface area contributed by atoms with Crippen molar-refractivity contribution in [2.24, 2.45) is 7.05 Å². The third kappa shape index (κ3) is 3.66. The number of hydrogen-bond acceptors (Lipinski definition) is 4. The number of hydrogen-bond donors (Lipinski definition) is 1. The lowest BCUT2D eigenvalue weighted by Gasteiger charge is -2.08. The molecule has 0 atom stereocenters. The standard InChI is InChI=1S/C15H21N3O2/c1-4-14-15(11-18(2)17-14)16-9-10-20-13-7-5-12(19-3)6-8-13/h5-8,11,16H,4,9-10H2,1-3H3. The van der Waals surface area contributed by atoms with Gasteiger partial charge < -0.3 is 14.8 Å². The number of aromatic nitrogens is 2. The summed E-state index contributed by atoms with van der Waals surface area (Å²) in [5.41, 5.74) is 2.16. The molecule has 0 amide bonds. The number of rotatable bonds is 7. The molecule has 1 heterocycles. The van der Waals surface area contributed by atoms with E-state index in [4.69, 9.17) is 9.47 Å². The third-order valence-corrected chi connectivity index (χ3v) is 2.99. The minimum absolute atomic E-state index is 0.602. The predicted octanol–water partition coefficient (Wildman–Crippen LogP) is 2.48. The third-order valence-electron chi connectivity index (χ3n) is 2.99. The molecule has 0 aliphatic heterocycles. The quantitative estimate of drug-likeness (QED) is 0.789. The summed E-state index contributed by atoms with van der Waals surface area (Å²) in [5.74, 6) is 1.67. The van der Waals surface area contributed by atoms with E-state index in [1.165, 1.54) is 0 Å². The number of nitrogens with zero attached hydrogens (tertiary/aromatic N) is 2. The Kier molecular flexibility index (Phi) is 4.87. The molecule has 20 heavy (non-hydrogen) atoms. The first-order valence-corrected chi connectivity index (χ1v) is 6.76. The lowest BCUT2D eigenvalue weighted by atomic mass is 10.3. The maximum atomic E-state index is 5.66. The summed E-state index contributed by atoms with van der Waals surface area (Å²) in [6.45, 7) is 3.44. The van der Waals surface area contributed by atoms with Gasteiger partial charge in [-0.1, -0.05) is 6.92 Å². The van der Waals surface area contributed by atoms with Gasteiger partial charge >= 0.3 is 0 Å². The highest BCUT2D eigenvalue weighted by atomic mass is 16.5.